The summed E-state index contributed by atoms with van der Waals surface area (Å²) in [5, 5.41) is 0. The van der Waals surface area contributed by atoms with Crippen LogP contribution in [-0.2, 0) is 0 Å². The Morgan fingerprint density at radius 1 is 0.769 bits per heavy atom. The molecule has 0 aromatic rings. The summed E-state index contributed by atoms with van der Waals surface area (Å²) in [6.45, 7) is 0.858. The zero-order chi connectivity index (χ0) is 9.78. The lowest BCUT2D eigenvalue weighted by atomic mass is 10.1. The minimum Gasteiger partial charge on any atom is -0.330 e. The summed E-state index contributed by atoms with van der Waals surface area (Å²) in [5.41, 5.74) is 5.41. The number of hydrogen-bond acceptors (Lipinski definition) is 1. The van der Waals surface area contributed by atoms with Crippen LogP contribution in [0.25, 0.3) is 0 Å². The first-order valence-electron chi connectivity index (χ1n) is 5.45. The number of unbranched alkanes of at least 4 members (excludes halogenated alkanes) is 7. The van der Waals surface area contributed by atoms with Gasteiger partial charge in [-0.1, -0.05) is 38.5 Å². The van der Waals surface area contributed by atoms with E-state index >= 15 is 0 Å². The molecule has 0 bridgehead atoms. The van der Waals surface area contributed by atoms with Gasteiger partial charge >= 0.3 is 0 Å². The molecular weight excluding hydrogens is 201 g/mol. The second kappa shape index (κ2) is 12.7. The van der Waals surface area contributed by atoms with E-state index in [0.29, 0.717) is 7.93 Å². The smallest absolute Gasteiger partial charge is 0.00773 e. The fraction of sp³-hybridized carbons (Fsp3) is 1.00. The van der Waals surface area contributed by atoms with Gasteiger partial charge in [0.2, 0.25) is 0 Å². The van der Waals surface area contributed by atoms with Gasteiger partial charge in [0, 0.05) is 0 Å². The van der Waals surface area contributed by atoms with Crippen LogP contribution in [0.5, 0.6) is 0 Å². The van der Waals surface area contributed by atoms with Gasteiger partial charge in [-0.2, -0.15) is 0 Å². The zero-order valence-corrected chi connectivity index (χ0v) is 10.3. The van der Waals surface area contributed by atoms with Crippen LogP contribution in [0.1, 0.15) is 51.4 Å². The minimum absolute atomic E-state index is 0.628. The maximum atomic E-state index is 5.61. The molecule has 0 rings (SSSR count). The van der Waals surface area contributed by atoms with Gasteiger partial charge in [-0.15, -0.1) is 11.2 Å². The normalized spacial score (nSPS) is 11.5. The molecule has 2 N–H and O–H groups in total. The molecule has 0 spiro atoms. The summed E-state index contributed by atoms with van der Waals surface area (Å²) in [5.74, 6) is 0. The Hall–Kier alpha value is 0.680. The van der Waals surface area contributed by atoms with Gasteiger partial charge in [0.05, 0.1) is 0 Å². The standard InChI is InChI=1S/C10H23ClNP/c11-13-10-8-6-4-2-1-3-5-7-9-12/h13H,1-10,12H2. The second-order valence-electron chi connectivity index (χ2n) is 3.50. The second-order valence-corrected chi connectivity index (χ2v) is 5.07. The van der Waals surface area contributed by atoms with Crippen molar-refractivity contribution in [2.24, 2.45) is 5.73 Å². The van der Waals surface area contributed by atoms with E-state index in [2.05, 4.69) is 0 Å². The topological polar surface area (TPSA) is 26.0 Å². The predicted octanol–water partition coefficient (Wildman–Crippen LogP) is 3.90. The molecule has 0 aromatic carbocycles. The maximum Gasteiger partial charge on any atom is -0.00773 e. The van der Waals surface area contributed by atoms with Crippen molar-refractivity contribution in [3.63, 3.8) is 0 Å². The molecule has 1 nitrogen and oxygen atoms in total. The van der Waals surface area contributed by atoms with E-state index in [4.69, 9.17) is 17.0 Å². The molecule has 1 unspecified atom stereocenters. The Bertz CT molecular complexity index is 81.0. The van der Waals surface area contributed by atoms with E-state index in [-0.39, 0.29) is 0 Å². The van der Waals surface area contributed by atoms with Gasteiger partial charge in [-0.05, 0) is 33.5 Å². The third-order valence-electron chi connectivity index (χ3n) is 2.23. The van der Waals surface area contributed by atoms with Crippen molar-refractivity contribution >= 4 is 19.2 Å². The highest BCUT2D eigenvalue weighted by Crippen LogP contribution is 2.18. The quantitative estimate of drug-likeness (QED) is 0.441. The van der Waals surface area contributed by atoms with E-state index in [1.165, 1.54) is 57.5 Å². The molecular formula is C10H23ClNP. The molecule has 0 radical (unpaired) electrons. The third-order valence-corrected chi connectivity index (χ3v) is 3.33. The Balaban J connectivity index is 2.76. The number of hydrogen-bond donors (Lipinski definition) is 1. The molecule has 0 saturated carbocycles. The lowest BCUT2D eigenvalue weighted by Gasteiger charge is -2.00. The van der Waals surface area contributed by atoms with Gasteiger partial charge in [0.25, 0.3) is 0 Å². The largest absolute Gasteiger partial charge is 0.330 e. The average molecular weight is 224 g/mol. The molecule has 13 heavy (non-hydrogen) atoms. The molecule has 0 fully saturated rings. The first-order chi connectivity index (χ1) is 6.41. The van der Waals surface area contributed by atoms with Crippen LogP contribution in [0.15, 0.2) is 0 Å². The van der Waals surface area contributed by atoms with Crippen molar-refractivity contribution in [2.75, 3.05) is 12.7 Å². The van der Waals surface area contributed by atoms with E-state index in [1.807, 2.05) is 0 Å². The molecule has 0 aliphatic rings. The van der Waals surface area contributed by atoms with Crippen molar-refractivity contribution in [3.8, 4) is 0 Å². The highest BCUT2D eigenvalue weighted by atomic mass is 35.7. The highest BCUT2D eigenvalue weighted by molar-refractivity contribution is 7.68. The average Bonchev–Trinajstić information content (AvgIpc) is 2.16. The van der Waals surface area contributed by atoms with E-state index in [9.17, 15) is 0 Å². The Labute approximate surface area is 89.4 Å². The van der Waals surface area contributed by atoms with E-state index in [0.717, 1.165) is 6.54 Å². The molecule has 1 atom stereocenters. The summed E-state index contributed by atoms with van der Waals surface area (Å²) >= 11 is 5.61. The molecule has 0 amide bonds. The zero-order valence-electron chi connectivity index (χ0n) is 8.53. The molecule has 3 heteroatoms. The maximum absolute atomic E-state index is 5.61. The Kier molecular flexibility index (Phi) is 13.3. The summed E-state index contributed by atoms with van der Waals surface area (Å²) in [7, 11) is 0.628. The van der Waals surface area contributed by atoms with Crippen LogP contribution in [-0.4, -0.2) is 12.7 Å². The monoisotopic (exact) mass is 223 g/mol. The van der Waals surface area contributed by atoms with E-state index in [1.54, 1.807) is 0 Å². The predicted molar refractivity (Wildman–Crippen MR) is 65.0 cm³/mol. The van der Waals surface area contributed by atoms with Crippen molar-refractivity contribution in [1.82, 2.24) is 0 Å². The van der Waals surface area contributed by atoms with Crippen molar-refractivity contribution in [2.45, 2.75) is 51.4 Å². The fourth-order valence-corrected chi connectivity index (χ4v) is 2.18. The summed E-state index contributed by atoms with van der Waals surface area (Å²) < 4.78 is 0. The number of halogens is 1. The van der Waals surface area contributed by atoms with Crippen LogP contribution in [0.4, 0.5) is 0 Å². The Morgan fingerprint density at radius 2 is 1.23 bits per heavy atom. The van der Waals surface area contributed by atoms with Crippen molar-refractivity contribution in [3.05, 3.63) is 0 Å². The van der Waals surface area contributed by atoms with Gasteiger partial charge in [-0.25, -0.2) is 0 Å². The Morgan fingerprint density at radius 3 is 1.69 bits per heavy atom. The van der Waals surface area contributed by atoms with Crippen molar-refractivity contribution < 1.29 is 0 Å². The molecule has 0 aliphatic carbocycles. The fourth-order valence-electron chi connectivity index (χ4n) is 1.40. The van der Waals surface area contributed by atoms with Crippen LogP contribution >= 0.6 is 19.2 Å². The summed E-state index contributed by atoms with van der Waals surface area (Å²) in [4.78, 5) is 0. The van der Waals surface area contributed by atoms with E-state index < -0.39 is 0 Å². The van der Waals surface area contributed by atoms with Crippen LogP contribution in [0.2, 0.25) is 0 Å². The first-order valence-corrected chi connectivity index (χ1v) is 7.67. The van der Waals surface area contributed by atoms with Gasteiger partial charge in [0.15, 0.2) is 0 Å². The van der Waals surface area contributed by atoms with Gasteiger partial charge in [0.1, 0.15) is 0 Å². The summed E-state index contributed by atoms with van der Waals surface area (Å²) in [6.07, 6.45) is 12.0. The lowest BCUT2D eigenvalue weighted by Crippen LogP contribution is -1.97. The molecule has 0 saturated heterocycles. The minimum atomic E-state index is 0.628. The molecule has 0 heterocycles. The first kappa shape index (κ1) is 13.7. The van der Waals surface area contributed by atoms with Crippen LogP contribution in [0.3, 0.4) is 0 Å². The molecule has 0 aliphatic heterocycles. The molecule has 0 aromatic heterocycles. The number of rotatable bonds is 10. The third kappa shape index (κ3) is 12.7. The SMILES string of the molecule is NCCCCCCCCCCPCl. The highest BCUT2D eigenvalue weighted by Gasteiger charge is 1.91. The van der Waals surface area contributed by atoms with Crippen LogP contribution < -0.4 is 5.73 Å². The van der Waals surface area contributed by atoms with Crippen LogP contribution in [0, 0.1) is 0 Å². The lowest BCUT2D eigenvalue weighted by molar-refractivity contribution is 0.579. The molecule has 80 valence electrons. The van der Waals surface area contributed by atoms with Crippen molar-refractivity contribution in [1.29, 1.82) is 0 Å². The van der Waals surface area contributed by atoms with Gasteiger partial charge in [-0.3, -0.25) is 0 Å². The number of nitrogens with two attached hydrogens (primary N) is 1. The van der Waals surface area contributed by atoms with Gasteiger partial charge < -0.3 is 5.73 Å². The summed E-state index contributed by atoms with van der Waals surface area (Å²) in [6, 6.07) is 0.